The van der Waals surface area contributed by atoms with Crippen molar-refractivity contribution in [3.8, 4) is 0 Å². The zero-order valence-corrected chi connectivity index (χ0v) is 22.1. The Morgan fingerprint density at radius 1 is 0.875 bits per heavy atom. The number of epoxide rings is 1. The highest BCUT2D eigenvalue weighted by Crippen LogP contribution is 2.40. The van der Waals surface area contributed by atoms with Crippen molar-refractivity contribution in [2.45, 2.75) is 62.8 Å². The zero-order valence-electron chi connectivity index (χ0n) is 22.1. The van der Waals surface area contributed by atoms with Crippen LogP contribution < -0.4 is 10.6 Å². The number of nitrogens with one attached hydrogen (secondary N) is 2. The number of aliphatic hydroxyl groups excluding tert-OH is 1. The Hall–Kier alpha value is -4.08. The summed E-state index contributed by atoms with van der Waals surface area (Å²) in [5.74, 6) is -1.28. The van der Waals surface area contributed by atoms with Gasteiger partial charge in [-0.3, -0.25) is 19.2 Å². The van der Waals surface area contributed by atoms with E-state index >= 15 is 0 Å². The number of hydrogen-bond donors (Lipinski definition) is 4. The molecule has 0 radical (unpaired) electrons. The van der Waals surface area contributed by atoms with Gasteiger partial charge in [-0.25, -0.2) is 0 Å². The fourth-order valence-corrected chi connectivity index (χ4v) is 4.87. The molecule has 1 saturated carbocycles. The molecule has 40 heavy (non-hydrogen) atoms. The molecular weight excluding hydrogens is 513 g/mol. The molecule has 4 N–H and O–H groups in total. The van der Waals surface area contributed by atoms with Gasteiger partial charge in [0.2, 0.25) is 17.6 Å². The zero-order chi connectivity index (χ0) is 28.5. The van der Waals surface area contributed by atoms with Crippen molar-refractivity contribution >= 4 is 23.4 Å². The lowest BCUT2D eigenvalue weighted by Crippen LogP contribution is -2.42. The van der Waals surface area contributed by atoms with Crippen molar-refractivity contribution in [2.75, 3.05) is 0 Å². The van der Waals surface area contributed by atoms with Gasteiger partial charge in [0.25, 0.3) is 0 Å². The number of ketones is 2. The molecule has 4 aliphatic rings. The maximum atomic E-state index is 12.5. The molecule has 9 heteroatoms. The van der Waals surface area contributed by atoms with Crippen LogP contribution in [-0.2, 0) is 23.9 Å². The molecule has 3 aliphatic carbocycles. The van der Waals surface area contributed by atoms with E-state index in [-0.39, 0.29) is 35.8 Å². The second-order valence-electron chi connectivity index (χ2n) is 10.1. The summed E-state index contributed by atoms with van der Waals surface area (Å²) in [5, 5.41) is 25.5. The van der Waals surface area contributed by atoms with Gasteiger partial charge < -0.3 is 25.6 Å². The van der Waals surface area contributed by atoms with E-state index in [4.69, 9.17) is 4.74 Å². The maximum absolute atomic E-state index is 12.5. The van der Waals surface area contributed by atoms with Crippen molar-refractivity contribution in [1.82, 2.24) is 10.6 Å². The molecule has 4 rings (SSSR count). The van der Waals surface area contributed by atoms with Crippen molar-refractivity contribution in [2.24, 2.45) is 5.92 Å². The number of fused-ring (bicyclic) bond motifs is 1. The molecule has 0 aromatic rings. The second-order valence-corrected chi connectivity index (χ2v) is 10.1. The predicted octanol–water partition coefficient (Wildman–Crippen LogP) is 3.23. The van der Waals surface area contributed by atoms with Crippen LogP contribution in [-0.4, -0.2) is 51.4 Å². The van der Waals surface area contributed by atoms with Gasteiger partial charge in [-0.1, -0.05) is 73.9 Å². The first-order chi connectivity index (χ1) is 19.3. The van der Waals surface area contributed by atoms with Gasteiger partial charge in [0, 0.05) is 25.0 Å². The predicted molar refractivity (Wildman–Crippen MR) is 148 cm³/mol. The number of rotatable bonds is 10. The Balaban J connectivity index is 1.27. The number of amides is 2. The Morgan fingerprint density at radius 3 is 2.20 bits per heavy atom. The van der Waals surface area contributed by atoms with Crippen LogP contribution in [0.2, 0.25) is 0 Å². The first-order valence-electron chi connectivity index (χ1n) is 13.5. The topological polar surface area (TPSA) is 145 Å². The summed E-state index contributed by atoms with van der Waals surface area (Å²) in [4.78, 5) is 48.3. The molecule has 0 spiro atoms. The van der Waals surface area contributed by atoms with Crippen LogP contribution >= 0.6 is 0 Å². The number of carbonyl (C=O) groups excluding carboxylic acids is 4. The highest BCUT2D eigenvalue weighted by molar-refractivity contribution is 6.06. The molecular formula is C31H34N2O7. The molecule has 0 bridgehead atoms. The molecule has 1 heterocycles. The van der Waals surface area contributed by atoms with Crippen LogP contribution in [0.1, 0.15) is 44.9 Å². The van der Waals surface area contributed by atoms with E-state index in [9.17, 15) is 29.4 Å². The number of allylic oxidation sites excluding steroid dienone is 11. The van der Waals surface area contributed by atoms with Gasteiger partial charge in [-0.05, 0) is 30.9 Å². The van der Waals surface area contributed by atoms with Crippen molar-refractivity contribution in [3.05, 3.63) is 96.1 Å². The van der Waals surface area contributed by atoms with E-state index in [0.717, 1.165) is 0 Å². The summed E-state index contributed by atoms with van der Waals surface area (Å²) in [7, 11) is 0. The summed E-state index contributed by atoms with van der Waals surface area (Å²) < 4.78 is 5.35. The highest BCUT2D eigenvalue weighted by Gasteiger charge is 2.59. The fraction of sp³-hybridized carbons (Fsp3) is 0.355. The van der Waals surface area contributed by atoms with Crippen LogP contribution in [0, 0.1) is 5.92 Å². The molecule has 0 aromatic heterocycles. The van der Waals surface area contributed by atoms with Crippen LogP contribution in [0.5, 0.6) is 0 Å². The Bertz CT molecular complexity index is 1270. The van der Waals surface area contributed by atoms with Gasteiger partial charge in [-0.15, -0.1) is 0 Å². The second kappa shape index (κ2) is 13.3. The van der Waals surface area contributed by atoms with Crippen LogP contribution in [0.25, 0.3) is 0 Å². The third-order valence-electron chi connectivity index (χ3n) is 7.07. The third-order valence-corrected chi connectivity index (χ3v) is 7.07. The largest absolute Gasteiger partial charge is 0.510 e. The lowest BCUT2D eigenvalue weighted by atomic mass is 9.88. The quantitative estimate of drug-likeness (QED) is 0.142. The van der Waals surface area contributed by atoms with Gasteiger partial charge >= 0.3 is 0 Å². The first-order valence-corrected chi connectivity index (χ1v) is 13.5. The van der Waals surface area contributed by atoms with Gasteiger partial charge in [0.15, 0.2) is 11.9 Å². The van der Waals surface area contributed by atoms with E-state index in [1.165, 1.54) is 74.6 Å². The SMILES string of the molecule is O=C(/C=C/C=C/C=[13CH]/C1CCCCC1)NC1=C[C@@](O)(/C=C/C=C/C=C/C(=O)NC2=C(O)CCC2=O)[C@@H]2O[C@@H]2C1=O. The lowest BCUT2D eigenvalue weighted by molar-refractivity contribution is -0.121. The lowest BCUT2D eigenvalue weighted by Gasteiger charge is -2.23. The van der Waals surface area contributed by atoms with E-state index in [1.54, 1.807) is 18.2 Å². The molecule has 210 valence electrons. The average Bonchev–Trinajstić information content (AvgIpc) is 3.70. The molecule has 0 unspecified atom stereocenters. The standard InChI is InChI=1S/C31H34N2O7/c34-23-17-18-24(35)27(23)33-26(37)16-10-3-4-11-19-31(39)20-22(28(38)29-30(31)40-29)32-25(36)15-9-2-1-6-12-21-13-7-5-8-14-21/h1-4,6,9-12,15-16,19-21,29-30,34,39H,5,7-8,13-14,17-18H2,(H,32,36)(H,33,37)/b2-1+,4-3+,12-6+,15-9+,16-10+,19-11+/t29-,30-,31+/m1/s1/i12+1. The number of hydrogen-bond acceptors (Lipinski definition) is 7. The van der Waals surface area contributed by atoms with Crippen molar-refractivity contribution in [1.29, 1.82) is 0 Å². The van der Waals surface area contributed by atoms with E-state index in [0.29, 0.717) is 5.92 Å². The minimum Gasteiger partial charge on any atom is -0.510 e. The average molecular weight is 548 g/mol. The van der Waals surface area contributed by atoms with Crippen molar-refractivity contribution < 1.29 is 34.1 Å². The van der Waals surface area contributed by atoms with E-state index in [2.05, 4.69) is 16.7 Å². The molecule has 1 aliphatic heterocycles. The molecule has 9 nitrogen and oxygen atoms in total. The molecule has 1 saturated heterocycles. The van der Waals surface area contributed by atoms with Gasteiger partial charge in [0.1, 0.15) is 23.2 Å². The van der Waals surface area contributed by atoms with E-state index < -0.39 is 35.4 Å². The summed E-state index contributed by atoms with van der Waals surface area (Å²) in [5.41, 5.74) is -1.72. The minimum absolute atomic E-state index is 0.0405. The summed E-state index contributed by atoms with van der Waals surface area (Å²) in [6.07, 6.45) is 25.7. The number of aliphatic hydroxyl groups is 2. The van der Waals surface area contributed by atoms with Crippen LogP contribution in [0.15, 0.2) is 96.1 Å². The maximum Gasteiger partial charge on any atom is 0.248 e. The Kier molecular flexibility index (Phi) is 9.63. The summed E-state index contributed by atoms with van der Waals surface area (Å²) in [6, 6.07) is 0. The number of carbonyl (C=O) groups is 4. The van der Waals surface area contributed by atoms with Crippen molar-refractivity contribution in [3.63, 3.8) is 0 Å². The Morgan fingerprint density at radius 2 is 1.52 bits per heavy atom. The molecule has 3 atom stereocenters. The monoisotopic (exact) mass is 547 g/mol. The number of ether oxygens (including phenoxy) is 1. The summed E-state index contributed by atoms with van der Waals surface area (Å²) in [6.45, 7) is 0. The smallest absolute Gasteiger partial charge is 0.248 e. The molecule has 2 amide bonds. The third kappa shape index (κ3) is 7.74. The summed E-state index contributed by atoms with van der Waals surface area (Å²) >= 11 is 0. The molecule has 2 fully saturated rings. The minimum atomic E-state index is -1.60. The Labute approximate surface area is 233 Å². The van der Waals surface area contributed by atoms with Crippen LogP contribution in [0.4, 0.5) is 0 Å². The van der Waals surface area contributed by atoms with Crippen LogP contribution in [0.3, 0.4) is 0 Å². The number of Topliss-reactive ketones (excluding diaryl/α,β-unsaturated/α-hetero) is 2. The van der Waals surface area contributed by atoms with Gasteiger partial charge in [-0.2, -0.15) is 0 Å². The first kappa shape index (κ1) is 28.9. The fourth-order valence-electron chi connectivity index (χ4n) is 4.87. The highest BCUT2D eigenvalue weighted by atomic mass is 16.6. The van der Waals surface area contributed by atoms with E-state index in [1.807, 2.05) is 12.2 Å². The van der Waals surface area contributed by atoms with Gasteiger partial charge in [0.05, 0.1) is 5.70 Å². The normalized spacial score (nSPS) is 27.7. The molecule has 0 aromatic carbocycles.